The normalized spacial score (nSPS) is 10.1. The van der Waals surface area contributed by atoms with Crippen LogP contribution in [0.5, 0.6) is 0 Å². The molecule has 0 bridgehead atoms. The molecular weight excluding hydrogens is 306 g/mol. The highest BCUT2D eigenvalue weighted by Crippen LogP contribution is 2.25. The summed E-state index contributed by atoms with van der Waals surface area (Å²) in [6.07, 6.45) is 0. The van der Waals surface area contributed by atoms with Gasteiger partial charge in [0.1, 0.15) is 5.69 Å². The lowest BCUT2D eigenvalue weighted by Crippen LogP contribution is -2.23. The van der Waals surface area contributed by atoms with E-state index in [1.54, 1.807) is 25.2 Å². The molecule has 0 heterocycles. The van der Waals surface area contributed by atoms with Gasteiger partial charge in [-0.25, -0.2) is 0 Å². The average molecular weight is 320 g/mol. The Kier molecular flexibility index (Phi) is 4.95. The molecule has 22 heavy (non-hydrogen) atoms. The van der Waals surface area contributed by atoms with Crippen molar-refractivity contribution in [1.82, 2.24) is 5.32 Å². The standard InChI is InChI=1S/C15H14ClN3O3/c1-17-13-7-6-10(8-14(13)19(21)22)15(20)18-9-11-4-2-3-5-12(11)16/h2-8,17H,9H2,1H3,(H,18,20). The molecule has 7 heteroatoms. The number of halogens is 1. The van der Waals surface area contributed by atoms with Crippen LogP contribution in [0.15, 0.2) is 42.5 Å². The predicted octanol–water partition coefficient (Wildman–Crippen LogP) is 3.22. The lowest BCUT2D eigenvalue weighted by atomic mass is 10.1. The maximum atomic E-state index is 12.1. The number of carbonyl (C=O) groups is 1. The molecule has 0 aromatic heterocycles. The second kappa shape index (κ2) is 6.91. The smallest absolute Gasteiger partial charge is 0.293 e. The Labute approximate surface area is 132 Å². The molecule has 2 N–H and O–H groups in total. The molecule has 0 aliphatic carbocycles. The van der Waals surface area contributed by atoms with Crippen LogP contribution in [-0.2, 0) is 6.54 Å². The van der Waals surface area contributed by atoms with Crippen molar-refractivity contribution >= 4 is 28.9 Å². The zero-order valence-corrected chi connectivity index (χ0v) is 12.6. The van der Waals surface area contributed by atoms with Gasteiger partial charge in [-0.3, -0.25) is 14.9 Å². The summed E-state index contributed by atoms with van der Waals surface area (Å²) in [6, 6.07) is 11.4. The molecule has 1 amide bonds. The van der Waals surface area contributed by atoms with Gasteiger partial charge in [-0.2, -0.15) is 0 Å². The summed E-state index contributed by atoms with van der Waals surface area (Å²) >= 11 is 6.01. The van der Waals surface area contributed by atoms with E-state index in [1.165, 1.54) is 18.2 Å². The Morgan fingerprint density at radius 1 is 1.27 bits per heavy atom. The van der Waals surface area contributed by atoms with Crippen LogP contribution in [-0.4, -0.2) is 17.9 Å². The van der Waals surface area contributed by atoms with Crippen molar-refractivity contribution in [1.29, 1.82) is 0 Å². The third-order valence-corrected chi connectivity index (χ3v) is 3.49. The highest BCUT2D eigenvalue weighted by Gasteiger charge is 2.16. The van der Waals surface area contributed by atoms with Gasteiger partial charge in [0, 0.05) is 30.2 Å². The number of hydrogen-bond donors (Lipinski definition) is 2. The first-order chi connectivity index (χ1) is 10.5. The van der Waals surface area contributed by atoms with E-state index < -0.39 is 10.8 Å². The van der Waals surface area contributed by atoms with Crippen molar-refractivity contribution in [3.8, 4) is 0 Å². The number of rotatable bonds is 5. The van der Waals surface area contributed by atoms with E-state index in [2.05, 4.69) is 10.6 Å². The van der Waals surface area contributed by atoms with E-state index in [0.717, 1.165) is 5.56 Å². The van der Waals surface area contributed by atoms with E-state index in [0.29, 0.717) is 10.7 Å². The van der Waals surface area contributed by atoms with Crippen molar-refractivity contribution in [3.05, 3.63) is 68.7 Å². The predicted molar refractivity (Wildman–Crippen MR) is 85.3 cm³/mol. The van der Waals surface area contributed by atoms with Gasteiger partial charge in [0.2, 0.25) is 0 Å². The fourth-order valence-corrected chi connectivity index (χ4v) is 2.16. The molecule has 0 aliphatic rings. The number of nitrogens with one attached hydrogen (secondary N) is 2. The lowest BCUT2D eigenvalue weighted by Gasteiger charge is -2.08. The summed E-state index contributed by atoms with van der Waals surface area (Å²) in [5.74, 6) is -0.398. The molecule has 0 saturated carbocycles. The summed E-state index contributed by atoms with van der Waals surface area (Å²) in [5, 5.41) is 17.0. The van der Waals surface area contributed by atoms with Gasteiger partial charge < -0.3 is 10.6 Å². The summed E-state index contributed by atoms with van der Waals surface area (Å²) < 4.78 is 0. The lowest BCUT2D eigenvalue weighted by molar-refractivity contribution is -0.384. The van der Waals surface area contributed by atoms with Crippen LogP contribution >= 0.6 is 11.6 Å². The zero-order chi connectivity index (χ0) is 16.1. The van der Waals surface area contributed by atoms with Gasteiger partial charge in [-0.15, -0.1) is 0 Å². The van der Waals surface area contributed by atoms with Crippen LogP contribution < -0.4 is 10.6 Å². The Morgan fingerprint density at radius 2 is 2.00 bits per heavy atom. The van der Waals surface area contributed by atoms with E-state index in [-0.39, 0.29) is 17.8 Å². The van der Waals surface area contributed by atoms with Gasteiger partial charge >= 0.3 is 0 Å². The van der Waals surface area contributed by atoms with Crippen molar-refractivity contribution in [2.45, 2.75) is 6.54 Å². The summed E-state index contributed by atoms with van der Waals surface area (Å²) in [5.41, 5.74) is 1.21. The Balaban J connectivity index is 2.15. The number of nitro benzene ring substituents is 1. The van der Waals surface area contributed by atoms with Crippen molar-refractivity contribution in [3.63, 3.8) is 0 Å². The first-order valence-corrected chi connectivity index (χ1v) is 6.88. The molecule has 0 unspecified atom stereocenters. The molecule has 2 rings (SSSR count). The molecule has 0 spiro atoms. The zero-order valence-electron chi connectivity index (χ0n) is 11.8. The minimum atomic E-state index is -0.531. The summed E-state index contributed by atoms with van der Waals surface area (Å²) in [7, 11) is 1.58. The molecule has 0 saturated heterocycles. The number of nitro groups is 1. The highest BCUT2D eigenvalue weighted by atomic mass is 35.5. The number of nitrogens with zero attached hydrogens (tertiary/aromatic N) is 1. The Hall–Kier alpha value is -2.60. The summed E-state index contributed by atoms with van der Waals surface area (Å²) in [4.78, 5) is 22.6. The van der Waals surface area contributed by atoms with Crippen LogP contribution in [0.2, 0.25) is 5.02 Å². The van der Waals surface area contributed by atoms with Crippen LogP contribution in [0.4, 0.5) is 11.4 Å². The fraction of sp³-hybridized carbons (Fsp3) is 0.133. The summed E-state index contributed by atoms with van der Waals surface area (Å²) in [6.45, 7) is 0.250. The quantitative estimate of drug-likeness (QED) is 0.654. The number of amides is 1. The maximum absolute atomic E-state index is 12.1. The molecule has 6 nitrogen and oxygen atoms in total. The number of anilines is 1. The third-order valence-electron chi connectivity index (χ3n) is 3.12. The topological polar surface area (TPSA) is 84.3 Å². The van der Waals surface area contributed by atoms with E-state index in [9.17, 15) is 14.9 Å². The van der Waals surface area contributed by atoms with Crippen LogP contribution in [0.3, 0.4) is 0 Å². The van der Waals surface area contributed by atoms with Crippen molar-refractivity contribution in [2.75, 3.05) is 12.4 Å². The van der Waals surface area contributed by atoms with E-state index >= 15 is 0 Å². The molecule has 0 fully saturated rings. The first kappa shape index (κ1) is 15.8. The van der Waals surface area contributed by atoms with Crippen LogP contribution in [0.25, 0.3) is 0 Å². The minimum Gasteiger partial charge on any atom is -0.383 e. The molecule has 2 aromatic rings. The molecule has 0 atom stereocenters. The maximum Gasteiger partial charge on any atom is 0.293 e. The average Bonchev–Trinajstić information content (AvgIpc) is 2.53. The third kappa shape index (κ3) is 3.53. The van der Waals surface area contributed by atoms with E-state index in [4.69, 9.17) is 11.6 Å². The number of hydrogen-bond acceptors (Lipinski definition) is 4. The van der Waals surface area contributed by atoms with E-state index in [1.807, 2.05) is 6.07 Å². The van der Waals surface area contributed by atoms with Gasteiger partial charge in [0.25, 0.3) is 11.6 Å². The fourth-order valence-electron chi connectivity index (χ4n) is 1.95. The molecule has 0 radical (unpaired) electrons. The minimum absolute atomic E-state index is 0.145. The highest BCUT2D eigenvalue weighted by molar-refractivity contribution is 6.31. The van der Waals surface area contributed by atoms with Crippen molar-refractivity contribution < 1.29 is 9.72 Å². The monoisotopic (exact) mass is 319 g/mol. The van der Waals surface area contributed by atoms with Crippen LogP contribution in [0.1, 0.15) is 15.9 Å². The van der Waals surface area contributed by atoms with Gasteiger partial charge in [-0.05, 0) is 23.8 Å². The second-order valence-electron chi connectivity index (χ2n) is 4.51. The second-order valence-corrected chi connectivity index (χ2v) is 4.92. The van der Waals surface area contributed by atoms with Gasteiger partial charge in [-0.1, -0.05) is 29.8 Å². The molecule has 2 aromatic carbocycles. The van der Waals surface area contributed by atoms with Gasteiger partial charge in [0.05, 0.1) is 4.92 Å². The molecule has 114 valence electrons. The molecular formula is C15H14ClN3O3. The first-order valence-electron chi connectivity index (χ1n) is 6.50. The number of carbonyl (C=O) groups excluding carboxylic acids is 1. The van der Waals surface area contributed by atoms with Gasteiger partial charge in [0.15, 0.2) is 0 Å². The number of benzene rings is 2. The SMILES string of the molecule is CNc1ccc(C(=O)NCc2ccccc2Cl)cc1[N+](=O)[O-]. The molecule has 0 aliphatic heterocycles. The largest absolute Gasteiger partial charge is 0.383 e. The van der Waals surface area contributed by atoms with Crippen molar-refractivity contribution in [2.24, 2.45) is 0 Å². The Bertz CT molecular complexity index is 719. The Morgan fingerprint density at radius 3 is 2.64 bits per heavy atom. The van der Waals surface area contributed by atoms with Crippen LogP contribution in [0, 0.1) is 10.1 Å².